The largest absolute Gasteiger partial charge is 0.501 e. The van der Waals surface area contributed by atoms with Crippen LogP contribution >= 0.6 is 9.07 Å². The van der Waals surface area contributed by atoms with Gasteiger partial charge >= 0.3 is 19.3 Å². The summed E-state index contributed by atoms with van der Waals surface area (Å²) < 4.78 is 6.66. The van der Waals surface area contributed by atoms with E-state index in [2.05, 4.69) is 12.1 Å². The summed E-state index contributed by atoms with van der Waals surface area (Å²) in [6, 6.07) is 10.2. The summed E-state index contributed by atoms with van der Waals surface area (Å²) in [5, 5.41) is 0. The van der Waals surface area contributed by atoms with Crippen molar-refractivity contribution in [2.24, 2.45) is 0 Å². The molecule has 68 valence electrons. The summed E-state index contributed by atoms with van der Waals surface area (Å²) in [7, 11) is 5.68. The zero-order chi connectivity index (χ0) is 9.36. The molecule has 0 radical (unpaired) electrons. The molecule has 1 aromatic rings. The lowest BCUT2D eigenvalue weighted by atomic mass is 10.2. The van der Waals surface area contributed by atoms with Gasteiger partial charge < -0.3 is 13.8 Å². The van der Waals surface area contributed by atoms with Crippen molar-refractivity contribution in [3.8, 4) is 0 Å². The molecule has 1 aromatic carbocycles. The van der Waals surface area contributed by atoms with Gasteiger partial charge in [-0.1, -0.05) is 36.8 Å². The predicted molar refractivity (Wildman–Crippen MR) is 57.1 cm³/mol. The third kappa shape index (κ3) is 5.52. The Kier molecular flexibility index (Phi) is 6.63. The van der Waals surface area contributed by atoms with Crippen LogP contribution in [0.4, 0.5) is 0 Å². The van der Waals surface area contributed by atoms with E-state index in [-0.39, 0.29) is 19.3 Å². The van der Waals surface area contributed by atoms with E-state index in [0.29, 0.717) is 0 Å². The van der Waals surface area contributed by atoms with Crippen LogP contribution in [0.3, 0.4) is 0 Å². The average molecular weight is 209 g/mol. The molecule has 0 unspecified atom stereocenters. The third-order valence-corrected chi connectivity index (χ3v) is 3.35. The van der Waals surface area contributed by atoms with Crippen LogP contribution in [-0.4, -0.2) is 25.9 Å². The smallest absolute Gasteiger partial charge is 0.377 e. The van der Waals surface area contributed by atoms with Gasteiger partial charge in [0, 0.05) is 6.61 Å². The van der Waals surface area contributed by atoms with Crippen molar-refractivity contribution in [2.45, 2.75) is 17.6 Å². The maximum absolute atomic E-state index is 5.68. The van der Waals surface area contributed by atoms with Gasteiger partial charge in [-0.3, -0.25) is 0 Å². The molecule has 0 spiro atoms. The fourth-order valence-electron chi connectivity index (χ4n) is 1.06. The second kappa shape index (κ2) is 7.62. The molecule has 0 aliphatic heterocycles. The Balaban J connectivity index is 2.07. The predicted octanol–water partition coefficient (Wildman–Crippen LogP) is 2.87. The summed E-state index contributed by atoms with van der Waals surface area (Å²) in [5.41, 5.74) is 1.24. The summed E-state index contributed by atoms with van der Waals surface area (Å²) in [6.45, 7) is 1.57. The Bertz CT molecular complexity index is 215. The van der Waals surface area contributed by atoms with Gasteiger partial charge in [-0.05, 0) is 5.56 Å². The van der Waals surface area contributed by atoms with Gasteiger partial charge in [-0.2, -0.15) is 0 Å². The van der Waals surface area contributed by atoms with Crippen LogP contribution in [0.1, 0.15) is 12.0 Å². The minimum absolute atomic E-state index is 0.285. The molecule has 0 atom stereocenters. The topological polar surface area (TPSA) is 9.23 Å². The summed E-state index contributed by atoms with van der Waals surface area (Å²) in [5.74, 6) is 0. The molecule has 0 aromatic heterocycles. The lowest BCUT2D eigenvalue weighted by molar-refractivity contribution is 0.121. The molecule has 0 N–H and O–H groups in total. The van der Waals surface area contributed by atoms with Crippen molar-refractivity contribution in [1.82, 2.24) is 0 Å². The van der Waals surface area contributed by atoms with Gasteiger partial charge in [-0.15, -0.1) is 4.55 Å². The van der Waals surface area contributed by atoms with Crippen molar-refractivity contribution in [1.29, 1.82) is 0 Å². The Hall–Kier alpha value is 0.236. The standard InChI is InChI=1S/C10H13O.ClH.Mg/c1-2-8-11-9-10-6-4-3-5-7-10;;/h3-7H,1-2,8-9H2;1H;/q;;+1/p-1. The Labute approximate surface area is 92.9 Å². The van der Waals surface area contributed by atoms with Crippen LogP contribution < -0.4 is 0 Å². The SMILES string of the molecule is [Cl][Mg][CH2]CCOCc1ccccc1. The number of benzene rings is 1. The normalized spacial score (nSPS) is 9.62. The highest BCUT2D eigenvalue weighted by molar-refractivity contribution is 6.93. The van der Waals surface area contributed by atoms with E-state index in [1.54, 1.807) is 0 Å². The van der Waals surface area contributed by atoms with Crippen molar-refractivity contribution in [2.75, 3.05) is 6.61 Å². The first-order valence-electron chi connectivity index (χ1n) is 4.61. The van der Waals surface area contributed by atoms with E-state index in [9.17, 15) is 0 Å². The van der Waals surface area contributed by atoms with Crippen LogP contribution in [0.15, 0.2) is 30.3 Å². The molecular weight excluding hydrogens is 196 g/mol. The highest BCUT2D eigenvalue weighted by atomic mass is 35.5. The molecule has 1 rings (SSSR count). The first-order valence-corrected chi connectivity index (χ1v) is 7.75. The monoisotopic (exact) mass is 208 g/mol. The maximum Gasteiger partial charge on any atom is 0.501 e. The van der Waals surface area contributed by atoms with E-state index in [0.717, 1.165) is 19.6 Å². The second-order valence-corrected chi connectivity index (χ2v) is 5.15. The summed E-state index contributed by atoms with van der Waals surface area (Å²) in [6.07, 6.45) is 1.11. The van der Waals surface area contributed by atoms with Crippen LogP contribution in [0.25, 0.3) is 0 Å². The molecule has 0 aliphatic rings. The minimum Gasteiger partial charge on any atom is -0.377 e. The maximum atomic E-state index is 5.68. The van der Waals surface area contributed by atoms with Crippen molar-refractivity contribution < 1.29 is 4.74 Å². The minimum atomic E-state index is -0.285. The first kappa shape index (κ1) is 11.3. The highest BCUT2D eigenvalue weighted by Gasteiger charge is 1.93. The zero-order valence-electron chi connectivity index (χ0n) is 7.71. The van der Waals surface area contributed by atoms with Crippen molar-refractivity contribution >= 4 is 28.3 Å². The number of halogens is 1. The lowest BCUT2D eigenvalue weighted by Crippen LogP contribution is -1.95. The molecule has 0 saturated heterocycles. The van der Waals surface area contributed by atoms with Gasteiger partial charge in [0.1, 0.15) is 0 Å². The van der Waals surface area contributed by atoms with Gasteiger partial charge in [0.15, 0.2) is 0 Å². The van der Waals surface area contributed by atoms with Crippen LogP contribution in [0, 0.1) is 0 Å². The molecule has 1 nitrogen and oxygen atoms in total. The Morgan fingerprint density at radius 2 is 2.00 bits per heavy atom. The van der Waals surface area contributed by atoms with Gasteiger partial charge in [0.25, 0.3) is 0 Å². The van der Waals surface area contributed by atoms with Crippen LogP contribution in [0.2, 0.25) is 4.55 Å². The average Bonchev–Trinajstić information content (AvgIpc) is 2.19. The van der Waals surface area contributed by atoms with E-state index in [1.807, 2.05) is 18.2 Å². The van der Waals surface area contributed by atoms with Gasteiger partial charge in [0.05, 0.1) is 6.61 Å². The molecule has 0 fully saturated rings. The molecule has 0 aliphatic carbocycles. The van der Waals surface area contributed by atoms with Crippen molar-refractivity contribution in [3.63, 3.8) is 0 Å². The fraction of sp³-hybridized carbons (Fsp3) is 0.400. The van der Waals surface area contributed by atoms with E-state index < -0.39 is 0 Å². The van der Waals surface area contributed by atoms with Crippen molar-refractivity contribution in [3.05, 3.63) is 35.9 Å². The Morgan fingerprint density at radius 3 is 2.69 bits per heavy atom. The van der Waals surface area contributed by atoms with Crippen LogP contribution in [-0.2, 0) is 11.3 Å². The molecule has 3 heteroatoms. The van der Waals surface area contributed by atoms with E-state index in [4.69, 9.17) is 13.8 Å². The summed E-state index contributed by atoms with van der Waals surface area (Å²) in [4.78, 5) is 0. The molecular formula is C10H13ClMgO. The number of hydrogen-bond donors (Lipinski definition) is 0. The lowest BCUT2D eigenvalue weighted by Gasteiger charge is -2.02. The van der Waals surface area contributed by atoms with E-state index in [1.165, 1.54) is 10.1 Å². The second-order valence-electron chi connectivity index (χ2n) is 2.93. The van der Waals surface area contributed by atoms with Crippen LogP contribution in [0.5, 0.6) is 0 Å². The molecule has 0 saturated carbocycles. The number of ether oxygens (including phenoxy) is 1. The zero-order valence-corrected chi connectivity index (χ0v) is 9.88. The summed E-state index contributed by atoms with van der Waals surface area (Å²) >= 11 is -0.285. The first-order chi connectivity index (χ1) is 6.43. The number of hydrogen-bond acceptors (Lipinski definition) is 1. The molecule has 0 heterocycles. The number of rotatable bonds is 6. The van der Waals surface area contributed by atoms with Gasteiger partial charge in [-0.25, -0.2) is 0 Å². The Morgan fingerprint density at radius 1 is 1.23 bits per heavy atom. The molecule has 0 bridgehead atoms. The van der Waals surface area contributed by atoms with E-state index >= 15 is 0 Å². The quantitative estimate of drug-likeness (QED) is 0.516. The third-order valence-electron chi connectivity index (χ3n) is 1.78. The molecule has 0 amide bonds. The fourth-order valence-corrected chi connectivity index (χ4v) is 2.02. The van der Waals surface area contributed by atoms with Gasteiger partial charge in [0.2, 0.25) is 0 Å². The molecule has 13 heavy (non-hydrogen) atoms. The highest BCUT2D eigenvalue weighted by Crippen LogP contribution is 2.01.